The topological polar surface area (TPSA) is 103 Å². The summed E-state index contributed by atoms with van der Waals surface area (Å²) >= 11 is 1.60. The van der Waals surface area contributed by atoms with E-state index in [4.69, 9.17) is 0 Å². The summed E-state index contributed by atoms with van der Waals surface area (Å²) in [6.07, 6.45) is -0.649. The predicted octanol–water partition coefficient (Wildman–Crippen LogP) is 4.25. The number of carbonyl (C=O) groups is 3. The summed E-state index contributed by atoms with van der Waals surface area (Å²) in [6.45, 7) is 10.2. The van der Waals surface area contributed by atoms with Gasteiger partial charge in [-0.05, 0) is 55.0 Å². The first-order valence-corrected chi connectivity index (χ1v) is 14.6. The summed E-state index contributed by atoms with van der Waals surface area (Å²) in [5.74, 6) is -0.961. The zero-order chi connectivity index (χ0) is 28.7. The fourth-order valence-corrected chi connectivity index (χ4v) is 6.83. The van der Waals surface area contributed by atoms with Crippen LogP contribution in [0.1, 0.15) is 66.0 Å². The molecule has 2 N–H and O–H groups in total. The van der Waals surface area contributed by atoms with E-state index in [2.05, 4.69) is 16.4 Å². The lowest BCUT2D eigenvalue weighted by atomic mass is 9.98. The monoisotopic (exact) mass is 560 g/mol. The van der Waals surface area contributed by atoms with Crippen LogP contribution >= 0.6 is 11.3 Å². The molecule has 1 unspecified atom stereocenters. The second-order valence-electron chi connectivity index (χ2n) is 11.2. The Morgan fingerprint density at radius 3 is 2.52 bits per heavy atom. The Morgan fingerprint density at radius 2 is 1.88 bits per heavy atom. The van der Waals surface area contributed by atoms with Gasteiger partial charge in [-0.1, -0.05) is 50.2 Å². The van der Waals surface area contributed by atoms with Crippen molar-refractivity contribution in [1.82, 2.24) is 20.1 Å². The highest BCUT2D eigenvalue weighted by atomic mass is 32.1. The van der Waals surface area contributed by atoms with E-state index in [9.17, 15) is 19.5 Å². The second-order valence-corrected chi connectivity index (χ2v) is 12.1. The molecule has 40 heavy (non-hydrogen) atoms. The van der Waals surface area contributed by atoms with Crippen LogP contribution in [0.15, 0.2) is 48.0 Å². The van der Waals surface area contributed by atoms with Gasteiger partial charge in [0.25, 0.3) is 5.91 Å². The summed E-state index contributed by atoms with van der Waals surface area (Å²) in [5.41, 5.74) is 7.44. The first kappa shape index (κ1) is 28.0. The zero-order valence-electron chi connectivity index (χ0n) is 23.5. The largest absolute Gasteiger partial charge is 0.391 e. The van der Waals surface area contributed by atoms with E-state index in [0.717, 1.165) is 32.8 Å². The molecule has 3 aromatic rings. The number of nitrogens with zero attached hydrogens (tertiary/aromatic N) is 3. The molecule has 0 spiro atoms. The van der Waals surface area contributed by atoms with Gasteiger partial charge >= 0.3 is 0 Å². The quantitative estimate of drug-likeness (QED) is 0.450. The standard InChI is InChI=1S/C31H36N4O4S/c1-17(2)27(35-14-22-8-6-7-9-25(22)30(35)38)31(39)34-15-23(36)13-26(34)29(37)33-19(4)24-11-10-21(12-18(24)3)28-20(5)32-16-40-28/h6-12,16-17,19,23,26-27,36H,13-15H2,1-5H3,(H,33,37)/t19-,23+,26?,27-/m0/s1. The van der Waals surface area contributed by atoms with Crippen LogP contribution in [0, 0.1) is 19.8 Å². The number of carbonyl (C=O) groups excluding carboxylic acids is 3. The van der Waals surface area contributed by atoms with Crippen LogP contribution < -0.4 is 5.32 Å². The number of aliphatic hydroxyl groups excluding tert-OH is 1. The summed E-state index contributed by atoms with van der Waals surface area (Å²) in [6, 6.07) is 11.7. The van der Waals surface area contributed by atoms with Gasteiger partial charge in [0.2, 0.25) is 11.8 Å². The Kier molecular flexibility index (Phi) is 7.79. The number of aryl methyl sites for hydroxylation is 2. The average Bonchev–Trinajstić information content (AvgIpc) is 3.61. The molecule has 0 aliphatic carbocycles. The number of hydrogen-bond acceptors (Lipinski definition) is 6. The fraction of sp³-hybridized carbons (Fsp3) is 0.419. The number of aliphatic hydroxyl groups is 1. The molecule has 0 bridgehead atoms. The molecule has 2 aromatic carbocycles. The molecule has 0 radical (unpaired) electrons. The molecule has 9 heteroatoms. The number of rotatable bonds is 7. The van der Waals surface area contributed by atoms with E-state index < -0.39 is 18.2 Å². The van der Waals surface area contributed by atoms with Crippen molar-refractivity contribution in [3.8, 4) is 10.4 Å². The second kappa shape index (κ2) is 11.1. The fourth-order valence-electron chi connectivity index (χ4n) is 6.02. The Hall–Kier alpha value is -3.56. The van der Waals surface area contributed by atoms with E-state index in [1.807, 2.05) is 70.5 Å². The molecule has 3 heterocycles. The van der Waals surface area contributed by atoms with Crippen molar-refractivity contribution in [1.29, 1.82) is 0 Å². The van der Waals surface area contributed by atoms with Crippen LogP contribution in [0.2, 0.25) is 0 Å². The number of benzene rings is 2. The molecule has 3 amide bonds. The van der Waals surface area contributed by atoms with E-state index in [1.54, 1.807) is 22.3 Å². The molecule has 5 rings (SSSR count). The Labute approximate surface area is 239 Å². The van der Waals surface area contributed by atoms with Crippen molar-refractivity contribution in [3.63, 3.8) is 0 Å². The average molecular weight is 561 g/mol. The third-order valence-electron chi connectivity index (χ3n) is 8.04. The molecular weight excluding hydrogens is 524 g/mol. The molecule has 2 aliphatic rings. The zero-order valence-corrected chi connectivity index (χ0v) is 24.4. The van der Waals surface area contributed by atoms with Crippen molar-refractivity contribution >= 4 is 29.1 Å². The highest BCUT2D eigenvalue weighted by molar-refractivity contribution is 7.13. The molecule has 4 atom stereocenters. The van der Waals surface area contributed by atoms with Crippen molar-refractivity contribution in [2.75, 3.05) is 6.54 Å². The number of thiazole rings is 1. The van der Waals surface area contributed by atoms with Gasteiger partial charge in [0, 0.05) is 25.1 Å². The maximum atomic E-state index is 14.0. The third kappa shape index (κ3) is 5.15. The number of fused-ring (bicyclic) bond motifs is 1. The summed E-state index contributed by atoms with van der Waals surface area (Å²) < 4.78 is 0. The number of nitrogens with one attached hydrogen (secondary N) is 1. The van der Waals surface area contributed by atoms with Gasteiger partial charge in [-0.2, -0.15) is 0 Å². The number of amides is 3. The summed E-state index contributed by atoms with van der Waals surface area (Å²) in [5, 5.41) is 13.6. The van der Waals surface area contributed by atoms with Crippen LogP contribution in [-0.4, -0.2) is 62.3 Å². The van der Waals surface area contributed by atoms with Gasteiger partial charge in [0.1, 0.15) is 12.1 Å². The van der Waals surface area contributed by atoms with Crippen LogP contribution in [-0.2, 0) is 16.1 Å². The van der Waals surface area contributed by atoms with E-state index in [0.29, 0.717) is 12.1 Å². The first-order chi connectivity index (χ1) is 19.1. The maximum Gasteiger partial charge on any atom is 0.255 e. The van der Waals surface area contributed by atoms with Crippen molar-refractivity contribution in [3.05, 3.63) is 75.9 Å². The third-order valence-corrected chi connectivity index (χ3v) is 9.01. The molecule has 1 aromatic heterocycles. The summed E-state index contributed by atoms with van der Waals surface area (Å²) in [4.78, 5) is 49.3. The van der Waals surface area contributed by atoms with Gasteiger partial charge < -0.3 is 20.2 Å². The molecule has 210 valence electrons. The van der Waals surface area contributed by atoms with Crippen LogP contribution in [0.25, 0.3) is 10.4 Å². The van der Waals surface area contributed by atoms with Gasteiger partial charge in [-0.15, -0.1) is 11.3 Å². The number of hydrogen-bond donors (Lipinski definition) is 2. The molecule has 2 aliphatic heterocycles. The van der Waals surface area contributed by atoms with Gasteiger partial charge in [0.15, 0.2) is 0 Å². The van der Waals surface area contributed by atoms with Gasteiger partial charge in [-0.3, -0.25) is 14.4 Å². The lowest BCUT2D eigenvalue weighted by Gasteiger charge is -2.35. The lowest BCUT2D eigenvalue weighted by Crippen LogP contribution is -2.55. The highest BCUT2D eigenvalue weighted by Gasteiger charge is 2.46. The molecule has 1 saturated heterocycles. The number of β-amino-alcohol motifs (C(OH)–C–C–N with tert-alkyl or cyclic N) is 1. The van der Waals surface area contributed by atoms with E-state index in [-0.39, 0.29) is 42.6 Å². The Morgan fingerprint density at radius 1 is 1.12 bits per heavy atom. The number of likely N-dealkylation sites (tertiary alicyclic amines) is 1. The molecule has 8 nitrogen and oxygen atoms in total. The minimum absolute atomic E-state index is 0.0609. The minimum Gasteiger partial charge on any atom is -0.391 e. The van der Waals surface area contributed by atoms with E-state index in [1.165, 1.54) is 4.90 Å². The van der Waals surface area contributed by atoms with Crippen molar-refractivity contribution in [2.24, 2.45) is 5.92 Å². The Bertz CT molecular complexity index is 1450. The molecule has 0 saturated carbocycles. The maximum absolute atomic E-state index is 14.0. The van der Waals surface area contributed by atoms with E-state index >= 15 is 0 Å². The lowest BCUT2D eigenvalue weighted by molar-refractivity contribution is -0.143. The molecular formula is C31H36N4O4S. The predicted molar refractivity (Wildman–Crippen MR) is 155 cm³/mol. The Balaban J connectivity index is 1.32. The molecule has 1 fully saturated rings. The van der Waals surface area contributed by atoms with Gasteiger partial charge in [0.05, 0.1) is 28.2 Å². The van der Waals surface area contributed by atoms with Crippen LogP contribution in [0.3, 0.4) is 0 Å². The van der Waals surface area contributed by atoms with Crippen molar-refractivity contribution < 1.29 is 19.5 Å². The van der Waals surface area contributed by atoms with Crippen molar-refractivity contribution in [2.45, 2.75) is 71.8 Å². The van der Waals surface area contributed by atoms with Gasteiger partial charge in [-0.25, -0.2) is 4.98 Å². The first-order valence-electron chi connectivity index (χ1n) is 13.8. The smallest absolute Gasteiger partial charge is 0.255 e. The van der Waals surface area contributed by atoms with Crippen LogP contribution in [0.4, 0.5) is 0 Å². The normalized spacial score (nSPS) is 20.1. The van der Waals surface area contributed by atoms with Crippen LogP contribution in [0.5, 0.6) is 0 Å². The SMILES string of the molecule is Cc1cc(-c2scnc2C)ccc1[C@H](C)NC(=O)C1C[C@@H](O)CN1C(=O)[C@H](C(C)C)N1Cc2ccccc2C1=O. The highest BCUT2D eigenvalue weighted by Crippen LogP contribution is 2.32. The summed E-state index contributed by atoms with van der Waals surface area (Å²) in [7, 11) is 0. The number of aromatic nitrogens is 1. The minimum atomic E-state index is -0.814.